The minimum absolute atomic E-state index is 0. The van der Waals surface area contributed by atoms with Gasteiger partial charge in [0.2, 0.25) is 17.6 Å². The summed E-state index contributed by atoms with van der Waals surface area (Å²) in [4.78, 5) is 72.0. The lowest BCUT2D eigenvalue weighted by molar-refractivity contribution is -0.143. The molecule has 316 valence electrons. The van der Waals surface area contributed by atoms with Crippen molar-refractivity contribution in [2.45, 2.75) is 132 Å². The Morgan fingerprint density at radius 2 is 1.64 bits per heavy atom. The maximum Gasteiger partial charge on any atom is 0.315 e. The van der Waals surface area contributed by atoms with Crippen LogP contribution in [-0.4, -0.2) is 102 Å². The van der Waals surface area contributed by atoms with Crippen LogP contribution in [0.3, 0.4) is 0 Å². The molecule has 0 aromatic carbocycles. The summed E-state index contributed by atoms with van der Waals surface area (Å²) >= 11 is 1.10. The molecule has 1 saturated heterocycles. The molecule has 1 aliphatic heterocycles. The number of ketones is 1. The summed E-state index contributed by atoms with van der Waals surface area (Å²) < 4.78 is 7.62. The number of nitrogens with zero attached hydrogens (tertiary/aromatic N) is 4. The third kappa shape index (κ3) is 19.4. The highest BCUT2D eigenvalue weighted by Gasteiger charge is 2.43. The van der Waals surface area contributed by atoms with Crippen LogP contribution in [0, 0.1) is 10.8 Å². The van der Waals surface area contributed by atoms with Crippen molar-refractivity contribution in [2.24, 2.45) is 10.8 Å². The Balaban J connectivity index is 0. The average Bonchev–Trinajstić information content (AvgIpc) is 3.62. The lowest BCUT2D eigenvalue weighted by Gasteiger charge is -2.37. The van der Waals surface area contributed by atoms with Gasteiger partial charge >= 0.3 is 6.03 Å². The van der Waals surface area contributed by atoms with Crippen LogP contribution in [0.1, 0.15) is 108 Å². The van der Waals surface area contributed by atoms with E-state index in [4.69, 9.17) is 4.28 Å². The van der Waals surface area contributed by atoms with E-state index in [1.807, 2.05) is 87.6 Å². The van der Waals surface area contributed by atoms with E-state index in [1.165, 1.54) is 17.4 Å². The molecule has 1 aromatic rings. The predicted octanol–water partition coefficient (Wildman–Crippen LogP) is 5.78. The SMILES string of the molecule is C=CCNC(=O)C(=O)C(CCC)NC(=O)C1CCCN1C(=O)C(NC(=O)NC(CN(C)OSN(C)c1ccccn1)C(C)(C)C)C(C)(C)C.CC.CCC.S. The molecular formula is C39H72N8O6S2. The number of carbonyl (C=O) groups excluding carboxylic acids is 5. The lowest BCUT2D eigenvalue weighted by Crippen LogP contribution is -2.61. The number of rotatable bonds is 17. The predicted molar refractivity (Wildman–Crippen MR) is 230 cm³/mol. The number of hydrogen-bond acceptors (Lipinski definition) is 10. The molecule has 4 unspecified atom stereocenters. The average molecular weight is 813 g/mol. The molecular weight excluding hydrogens is 741 g/mol. The summed E-state index contributed by atoms with van der Waals surface area (Å²) in [7, 11) is 3.60. The van der Waals surface area contributed by atoms with Gasteiger partial charge in [0.05, 0.1) is 12.1 Å². The third-order valence-electron chi connectivity index (χ3n) is 8.10. The molecule has 0 bridgehead atoms. The second-order valence-corrected chi connectivity index (χ2v) is 15.9. The molecule has 0 aliphatic carbocycles. The van der Waals surface area contributed by atoms with Crippen LogP contribution in [0.5, 0.6) is 0 Å². The molecule has 2 rings (SSSR count). The number of likely N-dealkylation sites (N-methyl/N-ethyl adjacent to an activating group) is 1. The summed E-state index contributed by atoms with van der Waals surface area (Å²) in [5.74, 6) is -1.73. The van der Waals surface area contributed by atoms with E-state index >= 15 is 0 Å². The van der Waals surface area contributed by atoms with Gasteiger partial charge in [0.25, 0.3) is 5.91 Å². The van der Waals surface area contributed by atoms with Crippen LogP contribution in [0.25, 0.3) is 0 Å². The summed E-state index contributed by atoms with van der Waals surface area (Å²) in [6, 6.07) is 1.84. The van der Waals surface area contributed by atoms with Crippen LogP contribution >= 0.6 is 25.7 Å². The monoisotopic (exact) mass is 813 g/mol. The number of hydrogen-bond donors (Lipinski definition) is 4. The number of carbonyl (C=O) groups is 5. The van der Waals surface area contributed by atoms with Gasteiger partial charge in [0.1, 0.15) is 30.1 Å². The second-order valence-electron chi connectivity index (χ2n) is 15.1. The first-order chi connectivity index (χ1) is 25.3. The number of urea groups is 1. The minimum Gasteiger partial charge on any atom is -0.346 e. The number of aromatic nitrogens is 1. The lowest BCUT2D eigenvalue weighted by atomic mass is 9.85. The van der Waals surface area contributed by atoms with Gasteiger partial charge in [0.15, 0.2) is 0 Å². The smallest absolute Gasteiger partial charge is 0.315 e. The van der Waals surface area contributed by atoms with Crippen LogP contribution in [0.4, 0.5) is 10.6 Å². The highest BCUT2D eigenvalue weighted by atomic mass is 32.2. The van der Waals surface area contributed by atoms with Crippen molar-refractivity contribution in [1.29, 1.82) is 0 Å². The van der Waals surface area contributed by atoms with Crippen molar-refractivity contribution in [1.82, 2.24) is 36.2 Å². The van der Waals surface area contributed by atoms with Crippen molar-refractivity contribution in [3.8, 4) is 0 Å². The summed E-state index contributed by atoms with van der Waals surface area (Å²) in [6.45, 7) is 25.9. The highest BCUT2D eigenvalue weighted by molar-refractivity contribution is 7.96. The fraction of sp³-hybridized carbons (Fsp3) is 0.692. The van der Waals surface area contributed by atoms with Crippen molar-refractivity contribution in [3.05, 3.63) is 37.1 Å². The molecule has 1 aromatic heterocycles. The zero-order valence-electron chi connectivity index (χ0n) is 35.7. The van der Waals surface area contributed by atoms with E-state index in [0.717, 1.165) is 18.0 Å². The van der Waals surface area contributed by atoms with Gasteiger partial charge in [-0.1, -0.05) is 101 Å². The first-order valence-corrected chi connectivity index (χ1v) is 19.8. The molecule has 4 atom stereocenters. The van der Waals surface area contributed by atoms with E-state index in [0.29, 0.717) is 32.4 Å². The van der Waals surface area contributed by atoms with E-state index in [-0.39, 0.29) is 37.9 Å². The van der Waals surface area contributed by atoms with Crippen molar-refractivity contribution >= 4 is 61.1 Å². The van der Waals surface area contributed by atoms with E-state index in [1.54, 1.807) is 22.6 Å². The first kappa shape index (κ1) is 53.8. The van der Waals surface area contributed by atoms with Gasteiger partial charge in [-0.3, -0.25) is 23.5 Å². The molecule has 0 radical (unpaired) electrons. The zero-order valence-corrected chi connectivity index (χ0v) is 37.5. The number of likely N-dealkylation sites (tertiary alicyclic amines) is 1. The molecule has 0 spiro atoms. The Hall–Kier alpha value is -3.34. The van der Waals surface area contributed by atoms with E-state index < -0.39 is 53.1 Å². The quantitative estimate of drug-likeness (QED) is 0.0499. The highest BCUT2D eigenvalue weighted by Crippen LogP contribution is 2.27. The van der Waals surface area contributed by atoms with Gasteiger partial charge in [-0.15, -0.1) is 6.58 Å². The topological polar surface area (TPSA) is 165 Å². The molecule has 14 nitrogen and oxygen atoms in total. The van der Waals surface area contributed by atoms with Gasteiger partial charge in [-0.05, 0) is 42.2 Å². The van der Waals surface area contributed by atoms with Crippen LogP contribution in [0.15, 0.2) is 37.1 Å². The van der Waals surface area contributed by atoms with Crippen molar-refractivity contribution in [2.75, 3.05) is 38.0 Å². The molecule has 16 heteroatoms. The molecule has 2 heterocycles. The Bertz CT molecular complexity index is 1310. The fourth-order valence-corrected chi connectivity index (χ4v) is 5.65. The maximum absolute atomic E-state index is 14.1. The Kier molecular flexibility index (Phi) is 26.7. The molecule has 0 saturated carbocycles. The summed E-state index contributed by atoms with van der Waals surface area (Å²) in [5.41, 5.74) is -1.08. The number of hydroxylamine groups is 2. The fourth-order valence-electron chi connectivity index (χ4n) is 5.19. The molecule has 1 aliphatic rings. The van der Waals surface area contributed by atoms with Crippen LogP contribution in [0.2, 0.25) is 0 Å². The van der Waals surface area contributed by atoms with Gasteiger partial charge in [-0.25, -0.2) is 14.1 Å². The van der Waals surface area contributed by atoms with Crippen LogP contribution in [-0.2, 0) is 23.5 Å². The molecule has 55 heavy (non-hydrogen) atoms. The first-order valence-electron chi connectivity index (χ1n) is 19.1. The normalized spacial score (nSPS) is 15.3. The number of pyridine rings is 1. The largest absolute Gasteiger partial charge is 0.346 e. The van der Waals surface area contributed by atoms with Gasteiger partial charge < -0.3 is 26.2 Å². The second kappa shape index (κ2) is 27.3. The number of amides is 5. The molecule has 4 N–H and O–H groups in total. The van der Waals surface area contributed by atoms with E-state index in [9.17, 15) is 24.0 Å². The number of Topliss-reactive ketones (excluding diaryl/α,β-unsaturated/α-hetero) is 1. The Labute approximate surface area is 342 Å². The van der Waals surface area contributed by atoms with Crippen molar-refractivity contribution in [3.63, 3.8) is 0 Å². The third-order valence-corrected chi connectivity index (χ3v) is 8.83. The number of nitrogens with one attached hydrogen (secondary N) is 4. The van der Waals surface area contributed by atoms with Crippen molar-refractivity contribution < 1.29 is 28.3 Å². The standard InChI is InChI=1S/C34H56N8O6S.C3H8.C2H6.H2S/c1-11-16-23(27(43)30(45)36-19-12-2)37-29(44)24-17-15-21-42(24)31(46)28(34(6,7)8)39-32(47)38-25(33(3,4)5)22-40(9)48-49-41(10)26-18-13-14-20-35-26;1-3-2;1-2;/h12-14,18,20,23-25,28H,2,11,15-17,19,21-22H2,1,3-10H3,(H,36,45)(H,37,44)(H2,38,39,47);3H2,1-2H3;1-2H3;1H2. The maximum atomic E-state index is 14.1. The Morgan fingerprint density at radius 1 is 1.02 bits per heavy atom. The molecule has 5 amide bonds. The van der Waals surface area contributed by atoms with Crippen LogP contribution < -0.4 is 25.6 Å². The van der Waals surface area contributed by atoms with E-state index in [2.05, 4.69) is 46.7 Å². The molecule has 1 fully saturated rings. The zero-order chi connectivity index (χ0) is 41.6. The number of anilines is 1. The minimum atomic E-state index is -1.02. The van der Waals surface area contributed by atoms with Gasteiger partial charge in [-0.2, -0.15) is 18.6 Å². The summed E-state index contributed by atoms with van der Waals surface area (Å²) in [5, 5.41) is 12.7. The Morgan fingerprint density at radius 3 is 2.15 bits per heavy atom. The summed E-state index contributed by atoms with van der Waals surface area (Å²) in [6.07, 6.45) is 6.20. The van der Waals surface area contributed by atoms with Gasteiger partial charge in [0, 0.05) is 39.9 Å².